The van der Waals surface area contributed by atoms with E-state index in [1.807, 2.05) is 19.9 Å². The van der Waals surface area contributed by atoms with E-state index in [4.69, 9.17) is 0 Å². The first-order valence-electron chi connectivity index (χ1n) is 7.54. The monoisotopic (exact) mass is 288 g/mol. The predicted octanol–water partition coefficient (Wildman–Crippen LogP) is 3.28. The molecule has 0 saturated carbocycles. The number of nitrogens with zero attached hydrogens (tertiary/aromatic N) is 2. The van der Waals surface area contributed by atoms with Crippen molar-refractivity contribution in [3.05, 3.63) is 35.8 Å². The second kappa shape index (κ2) is 5.60. The van der Waals surface area contributed by atoms with E-state index in [1.54, 1.807) is 12.1 Å². The number of benzene rings is 1. The summed E-state index contributed by atoms with van der Waals surface area (Å²) in [6.07, 6.45) is 1.79. The van der Waals surface area contributed by atoms with E-state index >= 15 is 0 Å². The van der Waals surface area contributed by atoms with Gasteiger partial charge in [-0.2, -0.15) is 0 Å². The highest BCUT2D eigenvalue weighted by molar-refractivity contribution is 5.92. The van der Waals surface area contributed by atoms with E-state index in [0.29, 0.717) is 0 Å². The predicted molar refractivity (Wildman–Crippen MR) is 83.1 cm³/mol. The number of aryl methyl sites for hydroxylation is 1. The summed E-state index contributed by atoms with van der Waals surface area (Å²) in [6, 6.07) is 6.76. The largest absolute Gasteiger partial charge is 0.393 e. The molecular weight excluding hydrogens is 267 g/mol. The van der Waals surface area contributed by atoms with E-state index in [2.05, 4.69) is 9.88 Å². The lowest BCUT2D eigenvalue weighted by Gasteiger charge is -2.36. The molecule has 1 saturated heterocycles. The fourth-order valence-corrected chi connectivity index (χ4v) is 3.19. The van der Waals surface area contributed by atoms with Crippen molar-refractivity contribution in [2.75, 3.05) is 18.0 Å². The Balaban J connectivity index is 2.04. The number of aliphatic hydroxyl groups is 1. The van der Waals surface area contributed by atoms with Gasteiger partial charge in [0.1, 0.15) is 5.82 Å². The number of fused-ring (bicyclic) bond motifs is 1. The first-order valence-corrected chi connectivity index (χ1v) is 7.54. The Morgan fingerprint density at radius 2 is 2.19 bits per heavy atom. The molecule has 1 aliphatic rings. The summed E-state index contributed by atoms with van der Waals surface area (Å²) in [4.78, 5) is 6.74. The van der Waals surface area contributed by atoms with Gasteiger partial charge < -0.3 is 10.0 Å². The molecule has 112 valence electrons. The average Bonchev–Trinajstić information content (AvgIpc) is 2.47. The third-order valence-corrected chi connectivity index (χ3v) is 4.36. The van der Waals surface area contributed by atoms with Gasteiger partial charge in [-0.05, 0) is 51.0 Å². The molecular formula is C17H21FN2O. The van der Waals surface area contributed by atoms with Gasteiger partial charge in [-0.15, -0.1) is 0 Å². The third kappa shape index (κ3) is 2.86. The van der Waals surface area contributed by atoms with Crippen LogP contribution in [0.4, 0.5) is 10.1 Å². The van der Waals surface area contributed by atoms with Crippen molar-refractivity contribution < 1.29 is 9.50 Å². The third-order valence-electron chi connectivity index (χ3n) is 4.36. The molecule has 1 fully saturated rings. The molecule has 1 aromatic carbocycles. The number of halogens is 1. The fraction of sp³-hybridized carbons (Fsp3) is 0.471. The molecule has 3 rings (SSSR count). The molecule has 2 unspecified atom stereocenters. The smallest absolute Gasteiger partial charge is 0.124 e. The van der Waals surface area contributed by atoms with Crippen LogP contribution in [0.2, 0.25) is 0 Å². The molecule has 1 N–H and O–H groups in total. The maximum atomic E-state index is 13.6. The van der Waals surface area contributed by atoms with Crippen molar-refractivity contribution >= 4 is 16.6 Å². The van der Waals surface area contributed by atoms with Crippen LogP contribution in [-0.2, 0) is 0 Å². The van der Waals surface area contributed by atoms with Crippen molar-refractivity contribution in [1.82, 2.24) is 4.98 Å². The lowest BCUT2D eigenvalue weighted by atomic mass is 9.93. The number of hydrogen-bond donors (Lipinski definition) is 1. The van der Waals surface area contributed by atoms with E-state index < -0.39 is 0 Å². The normalized spacial score (nSPS) is 20.8. The van der Waals surface area contributed by atoms with Gasteiger partial charge in [0.05, 0.1) is 11.6 Å². The van der Waals surface area contributed by atoms with Crippen molar-refractivity contribution in [1.29, 1.82) is 0 Å². The van der Waals surface area contributed by atoms with Crippen LogP contribution in [0.15, 0.2) is 24.3 Å². The summed E-state index contributed by atoms with van der Waals surface area (Å²) in [7, 11) is 0. The summed E-state index contributed by atoms with van der Waals surface area (Å²) in [5.74, 6) is 0.0364. The highest BCUT2D eigenvalue weighted by Crippen LogP contribution is 2.31. The van der Waals surface area contributed by atoms with Gasteiger partial charge in [0.2, 0.25) is 0 Å². The van der Waals surface area contributed by atoms with E-state index in [0.717, 1.165) is 48.2 Å². The molecule has 0 bridgehead atoms. The standard InChI is InChI=1S/C17H21FN2O/c1-11-8-17(15-9-14(18)5-6-16(15)19-11)20-7-3-4-13(10-20)12(2)21/h5-6,8-9,12-13,21H,3-4,7,10H2,1-2H3. The van der Waals surface area contributed by atoms with Crippen molar-refractivity contribution in [2.24, 2.45) is 5.92 Å². The van der Waals surface area contributed by atoms with Gasteiger partial charge in [0.15, 0.2) is 0 Å². The molecule has 21 heavy (non-hydrogen) atoms. The Bertz CT molecular complexity index is 657. The molecule has 1 aliphatic heterocycles. The fourth-order valence-electron chi connectivity index (χ4n) is 3.19. The summed E-state index contributed by atoms with van der Waals surface area (Å²) >= 11 is 0. The van der Waals surface area contributed by atoms with Gasteiger partial charge in [-0.1, -0.05) is 0 Å². The maximum Gasteiger partial charge on any atom is 0.124 e. The number of aromatic nitrogens is 1. The molecule has 0 aliphatic carbocycles. The lowest BCUT2D eigenvalue weighted by molar-refractivity contribution is 0.115. The van der Waals surface area contributed by atoms with Gasteiger partial charge in [-0.3, -0.25) is 4.98 Å². The minimum Gasteiger partial charge on any atom is -0.393 e. The number of hydrogen-bond acceptors (Lipinski definition) is 3. The van der Waals surface area contributed by atoms with Crippen LogP contribution < -0.4 is 4.90 Å². The van der Waals surface area contributed by atoms with Crippen LogP contribution in [0.25, 0.3) is 10.9 Å². The van der Waals surface area contributed by atoms with Crippen molar-refractivity contribution in [3.8, 4) is 0 Å². The highest BCUT2D eigenvalue weighted by Gasteiger charge is 2.25. The number of piperidine rings is 1. The van der Waals surface area contributed by atoms with Crippen LogP contribution in [0.1, 0.15) is 25.5 Å². The number of aliphatic hydroxyl groups excluding tert-OH is 1. The van der Waals surface area contributed by atoms with Gasteiger partial charge in [0.25, 0.3) is 0 Å². The summed E-state index contributed by atoms with van der Waals surface area (Å²) in [6.45, 7) is 5.57. The van der Waals surface area contributed by atoms with E-state index in [1.165, 1.54) is 6.07 Å². The zero-order chi connectivity index (χ0) is 15.0. The Labute approximate surface area is 124 Å². The topological polar surface area (TPSA) is 36.4 Å². The number of anilines is 1. The van der Waals surface area contributed by atoms with E-state index in [-0.39, 0.29) is 17.8 Å². The van der Waals surface area contributed by atoms with Gasteiger partial charge in [0, 0.05) is 35.8 Å². The average molecular weight is 288 g/mol. The summed E-state index contributed by atoms with van der Waals surface area (Å²) in [5, 5.41) is 10.7. The molecule has 0 spiro atoms. The number of pyridine rings is 1. The van der Waals surface area contributed by atoms with Gasteiger partial charge >= 0.3 is 0 Å². The molecule has 2 aromatic rings. The molecule has 2 heterocycles. The minimum atomic E-state index is -0.307. The Morgan fingerprint density at radius 3 is 2.95 bits per heavy atom. The van der Waals surface area contributed by atoms with E-state index in [9.17, 15) is 9.50 Å². The Morgan fingerprint density at radius 1 is 1.38 bits per heavy atom. The summed E-state index contributed by atoms with van der Waals surface area (Å²) < 4.78 is 13.6. The van der Waals surface area contributed by atoms with Crippen molar-refractivity contribution in [3.63, 3.8) is 0 Å². The van der Waals surface area contributed by atoms with Crippen LogP contribution in [0.3, 0.4) is 0 Å². The van der Waals surface area contributed by atoms with Crippen LogP contribution in [0.5, 0.6) is 0 Å². The Kier molecular flexibility index (Phi) is 3.81. The first-order chi connectivity index (χ1) is 10.0. The number of rotatable bonds is 2. The SMILES string of the molecule is Cc1cc(N2CCCC(C(C)O)C2)c2cc(F)ccc2n1. The second-order valence-corrected chi connectivity index (χ2v) is 6.03. The molecule has 1 aromatic heterocycles. The zero-order valence-electron chi connectivity index (χ0n) is 12.5. The first kappa shape index (κ1) is 14.3. The van der Waals surface area contributed by atoms with Crippen LogP contribution in [-0.4, -0.2) is 29.3 Å². The minimum absolute atomic E-state index is 0.238. The molecule has 4 heteroatoms. The van der Waals surface area contributed by atoms with Crippen molar-refractivity contribution in [2.45, 2.75) is 32.8 Å². The maximum absolute atomic E-state index is 13.6. The molecule has 2 atom stereocenters. The quantitative estimate of drug-likeness (QED) is 0.921. The van der Waals surface area contributed by atoms with Crippen LogP contribution in [0, 0.1) is 18.7 Å². The zero-order valence-corrected chi connectivity index (χ0v) is 12.5. The Hall–Kier alpha value is -1.68. The molecule has 0 amide bonds. The molecule has 3 nitrogen and oxygen atoms in total. The van der Waals surface area contributed by atoms with Gasteiger partial charge in [-0.25, -0.2) is 4.39 Å². The van der Waals surface area contributed by atoms with Crippen LogP contribution >= 0.6 is 0 Å². The lowest BCUT2D eigenvalue weighted by Crippen LogP contribution is -2.39. The highest BCUT2D eigenvalue weighted by atomic mass is 19.1. The summed E-state index contributed by atoms with van der Waals surface area (Å²) in [5.41, 5.74) is 2.79. The molecule has 0 radical (unpaired) electrons. The second-order valence-electron chi connectivity index (χ2n) is 6.03.